The van der Waals surface area contributed by atoms with Crippen molar-refractivity contribution in [1.82, 2.24) is 14.5 Å². The highest BCUT2D eigenvalue weighted by Gasteiger charge is 2.32. The van der Waals surface area contributed by atoms with E-state index in [1.807, 2.05) is 18.2 Å². The Morgan fingerprint density at radius 2 is 1.79 bits per heavy atom. The molecule has 0 saturated carbocycles. The highest BCUT2D eigenvalue weighted by molar-refractivity contribution is 7.89. The number of rotatable bonds is 4. The smallest absolute Gasteiger partial charge is 0.217 e. The molecule has 1 atom stereocenters. The summed E-state index contributed by atoms with van der Waals surface area (Å²) < 4.78 is 21.1. The van der Waals surface area contributed by atoms with E-state index in [1.54, 1.807) is 0 Å². The van der Waals surface area contributed by atoms with E-state index >= 15 is 0 Å². The van der Waals surface area contributed by atoms with Crippen LogP contribution in [0.4, 0.5) is 0 Å². The molecule has 24 heavy (non-hydrogen) atoms. The SMILES string of the molecule is Cc1cccc(C)c1OC1CCN([S+]([O-])c2c(C)n[nH]c2C)CC1. The molecular weight excluding hydrogens is 322 g/mol. The molecule has 1 N–H and O–H groups in total. The Morgan fingerprint density at radius 3 is 2.33 bits per heavy atom. The summed E-state index contributed by atoms with van der Waals surface area (Å²) in [6.45, 7) is 9.52. The van der Waals surface area contributed by atoms with Crippen molar-refractivity contribution < 1.29 is 9.29 Å². The Labute approximate surface area is 146 Å². The summed E-state index contributed by atoms with van der Waals surface area (Å²) >= 11 is -1.15. The van der Waals surface area contributed by atoms with Gasteiger partial charge in [0.2, 0.25) is 4.90 Å². The van der Waals surface area contributed by atoms with Crippen LogP contribution in [0.15, 0.2) is 23.1 Å². The van der Waals surface area contributed by atoms with Gasteiger partial charge in [-0.15, -0.1) is 4.31 Å². The number of aromatic nitrogens is 2. The fourth-order valence-electron chi connectivity index (χ4n) is 3.19. The number of H-pyrrole nitrogens is 1. The van der Waals surface area contributed by atoms with Crippen molar-refractivity contribution in [2.24, 2.45) is 0 Å². The van der Waals surface area contributed by atoms with E-state index < -0.39 is 11.4 Å². The number of hydrogen-bond donors (Lipinski definition) is 1. The third-order valence-electron chi connectivity index (χ3n) is 4.56. The van der Waals surface area contributed by atoms with Crippen molar-refractivity contribution in [3.8, 4) is 5.75 Å². The second-order valence-corrected chi connectivity index (χ2v) is 7.90. The number of ether oxygens (including phenoxy) is 1. The van der Waals surface area contributed by atoms with Gasteiger partial charge >= 0.3 is 0 Å². The normalized spacial score (nSPS) is 17.9. The zero-order valence-corrected chi connectivity index (χ0v) is 15.6. The minimum atomic E-state index is -1.15. The molecule has 0 spiro atoms. The van der Waals surface area contributed by atoms with Crippen LogP contribution in [0.25, 0.3) is 0 Å². The third kappa shape index (κ3) is 3.45. The Morgan fingerprint density at radius 1 is 1.17 bits per heavy atom. The maximum Gasteiger partial charge on any atom is 0.217 e. The molecule has 6 heteroatoms. The quantitative estimate of drug-likeness (QED) is 0.863. The van der Waals surface area contributed by atoms with Crippen molar-refractivity contribution >= 4 is 11.4 Å². The Balaban J connectivity index is 1.62. The lowest BCUT2D eigenvalue weighted by molar-refractivity contribution is 0.133. The van der Waals surface area contributed by atoms with Crippen LogP contribution < -0.4 is 4.74 Å². The third-order valence-corrected chi connectivity index (χ3v) is 6.35. The second-order valence-electron chi connectivity index (χ2n) is 6.48. The Bertz CT molecular complexity index is 669. The van der Waals surface area contributed by atoms with Gasteiger partial charge < -0.3 is 9.29 Å². The molecule has 1 unspecified atom stereocenters. The summed E-state index contributed by atoms with van der Waals surface area (Å²) in [7, 11) is 0. The van der Waals surface area contributed by atoms with Gasteiger partial charge in [0.15, 0.2) is 0 Å². The van der Waals surface area contributed by atoms with Crippen LogP contribution >= 0.6 is 0 Å². The molecule has 3 rings (SSSR count). The first-order valence-corrected chi connectivity index (χ1v) is 9.49. The number of nitrogens with one attached hydrogen (secondary N) is 1. The molecule has 2 heterocycles. The zero-order chi connectivity index (χ0) is 17.3. The molecular formula is C18H25N3O2S. The lowest BCUT2D eigenvalue weighted by Crippen LogP contribution is -2.42. The van der Waals surface area contributed by atoms with Crippen molar-refractivity contribution in [3.63, 3.8) is 0 Å². The summed E-state index contributed by atoms with van der Waals surface area (Å²) in [6.07, 6.45) is 1.95. The van der Waals surface area contributed by atoms with Crippen LogP contribution in [-0.2, 0) is 11.4 Å². The van der Waals surface area contributed by atoms with Crippen LogP contribution in [0.3, 0.4) is 0 Å². The molecule has 5 nitrogen and oxygen atoms in total. The summed E-state index contributed by atoms with van der Waals surface area (Å²) in [5.74, 6) is 0.999. The van der Waals surface area contributed by atoms with Gasteiger partial charge in [-0.3, -0.25) is 5.10 Å². The first kappa shape index (κ1) is 17.3. The molecule has 1 aliphatic heterocycles. The van der Waals surface area contributed by atoms with E-state index in [0.29, 0.717) is 0 Å². The first-order valence-electron chi connectivity index (χ1n) is 8.38. The minimum Gasteiger partial charge on any atom is -0.593 e. The average Bonchev–Trinajstić information content (AvgIpc) is 2.90. The van der Waals surface area contributed by atoms with Crippen LogP contribution in [0, 0.1) is 27.7 Å². The molecule has 0 amide bonds. The highest BCUT2D eigenvalue weighted by atomic mass is 32.2. The summed E-state index contributed by atoms with van der Waals surface area (Å²) in [5.41, 5.74) is 4.05. The lowest BCUT2D eigenvalue weighted by atomic mass is 10.1. The van der Waals surface area contributed by atoms with E-state index in [0.717, 1.165) is 48.0 Å². The average molecular weight is 347 g/mol. The highest BCUT2D eigenvalue weighted by Crippen LogP contribution is 2.29. The maximum absolute atomic E-state index is 12.8. The summed E-state index contributed by atoms with van der Waals surface area (Å²) in [6, 6.07) is 6.22. The maximum atomic E-state index is 12.8. The van der Waals surface area contributed by atoms with Crippen molar-refractivity contribution in [2.45, 2.75) is 51.5 Å². The van der Waals surface area contributed by atoms with Crippen molar-refractivity contribution in [3.05, 3.63) is 40.7 Å². The molecule has 0 aliphatic carbocycles. The second kappa shape index (κ2) is 7.17. The largest absolute Gasteiger partial charge is 0.593 e. The molecule has 0 radical (unpaired) electrons. The van der Waals surface area contributed by atoms with Gasteiger partial charge in [-0.1, -0.05) is 18.2 Å². The molecule has 1 fully saturated rings. The van der Waals surface area contributed by atoms with E-state index in [1.165, 1.54) is 11.1 Å². The predicted molar refractivity (Wildman–Crippen MR) is 95.6 cm³/mol. The standard InChI is InChI=1S/C18H25N3O2S/c1-12-6-5-7-13(2)17(12)23-16-8-10-21(11-9-16)24(22)18-14(3)19-20-15(18)4/h5-7,16H,8-11H2,1-4H3,(H,19,20). The molecule has 1 aromatic heterocycles. The van der Waals surface area contributed by atoms with Crippen molar-refractivity contribution in [2.75, 3.05) is 13.1 Å². The van der Waals surface area contributed by atoms with Crippen LogP contribution in [0.5, 0.6) is 5.75 Å². The lowest BCUT2D eigenvalue weighted by Gasteiger charge is -2.32. The molecule has 2 aromatic rings. The van der Waals surface area contributed by atoms with Gasteiger partial charge in [-0.2, -0.15) is 5.10 Å². The summed E-state index contributed by atoms with van der Waals surface area (Å²) in [4.78, 5) is 0.823. The van der Waals surface area contributed by atoms with E-state index in [9.17, 15) is 4.55 Å². The fourth-order valence-corrected chi connectivity index (χ4v) is 4.60. The Kier molecular flexibility index (Phi) is 5.18. The van der Waals surface area contributed by atoms with Gasteiger partial charge in [0.1, 0.15) is 17.5 Å². The van der Waals surface area contributed by atoms with E-state index in [2.05, 4.69) is 42.2 Å². The monoisotopic (exact) mass is 347 g/mol. The first-order chi connectivity index (χ1) is 11.5. The van der Waals surface area contributed by atoms with Gasteiger partial charge in [-0.05, 0) is 38.8 Å². The number of hydrogen-bond acceptors (Lipinski definition) is 4. The molecule has 1 aromatic carbocycles. The number of benzene rings is 1. The summed E-state index contributed by atoms with van der Waals surface area (Å²) in [5, 5.41) is 7.07. The molecule has 1 aliphatic rings. The van der Waals surface area contributed by atoms with Crippen LogP contribution in [0.2, 0.25) is 0 Å². The number of para-hydroxylation sites is 1. The fraction of sp³-hybridized carbons (Fsp3) is 0.500. The van der Waals surface area contributed by atoms with Crippen LogP contribution in [0.1, 0.15) is 35.4 Å². The zero-order valence-electron chi connectivity index (χ0n) is 14.8. The molecule has 1 saturated heterocycles. The number of aryl methyl sites for hydroxylation is 4. The molecule has 0 bridgehead atoms. The number of aromatic amines is 1. The minimum absolute atomic E-state index is 0.185. The topological polar surface area (TPSA) is 64.2 Å². The predicted octanol–water partition coefficient (Wildman–Crippen LogP) is 3.21. The van der Waals surface area contributed by atoms with Gasteiger partial charge in [0, 0.05) is 25.9 Å². The number of piperidine rings is 1. The Hall–Kier alpha value is -1.50. The number of nitrogens with zero attached hydrogens (tertiary/aromatic N) is 2. The van der Waals surface area contributed by atoms with Gasteiger partial charge in [0.25, 0.3) is 0 Å². The van der Waals surface area contributed by atoms with Crippen molar-refractivity contribution in [1.29, 1.82) is 0 Å². The van der Waals surface area contributed by atoms with E-state index in [4.69, 9.17) is 4.74 Å². The molecule has 130 valence electrons. The van der Waals surface area contributed by atoms with Gasteiger partial charge in [-0.25, -0.2) is 0 Å². The van der Waals surface area contributed by atoms with E-state index in [-0.39, 0.29) is 6.10 Å². The van der Waals surface area contributed by atoms with Gasteiger partial charge in [0.05, 0.1) is 17.1 Å². The van der Waals surface area contributed by atoms with Crippen LogP contribution in [-0.4, -0.2) is 38.2 Å².